The lowest BCUT2D eigenvalue weighted by molar-refractivity contribution is -0.142. The lowest BCUT2D eigenvalue weighted by Crippen LogP contribution is -2.49. The van der Waals surface area contributed by atoms with Gasteiger partial charge in [0.1, 0.15) is 0 Å². The maximum absolute atomic E-state index is 13.3. The molecular weight excluding hydrogens is 318 g/mol. The Labute approximate surface area is 150 Å². The summed E-state index contributed by atoms with van der Waals surface area (Å²) in [5.74, 6) is 0.927. The molecule has 2 atom stereocenters. The van der Waals surface area contributed by atoms with Crippen LogP contribution in [0.5, 0.6) is 0 Å². The molecular formula is C19H31N3O3. The van der Waals surface area contributed by atoms with Gasteiger partial charge in [-0.15, -0.1) is 0 Å². The summed E-state index contributed by atoms with van der Waals surface area (Å²) >= 11 is 0. The SMILES string of the molecule is CC(=O)N1C[C@H]2CN(C(=O)CCC(C)C)C[C@@]2(C(=O)N2CCCC2)C1. The summed E-state index contributed by atoms with van der Waals surface area (Å²) in [6.07, 6.45) is 3.54. The average molecular weight is 349 g/mol. The Hall–Kier alpha value is -1.59. The van der Waals surface area contributed by atoms with Crippen LogP contribution in [0.2, 0.25) is 0 Å². The summed E-state index contributed by atoms with van der Waals surface area (Å²) in [5, 5.41) is 0. The Morgan fingerprint density at radius 1 is 1.00 bits per heavy atom. The first-order chi connectivity index (χ1) is 11.8. The van der Waals surface area contributed by atoms with Gasteiger partial charge in [-0.2, -0.15) is 0 Å². The number of carbonyl (C=O) groups is 3. The predicted octanol–water partition coefficient (Wildman–Crippen LogP) is 1.35. The molecule has 6 nitrogen and oxygen atoms in total. The van der Waals surface area contributed by atoms with E-state index in [-0.39, 0.29) is 23.6 Å². The van der Waals surface area contributed by atoms with Gasteiger partial charge in [-0.1, -0.05) is 13.8 Å². The van der Waals surface area contributed by atoms with E-state index in [4.69, 9.17) is 0 Å². The van der Waals surface area contributed by atoms with Crippen molar-refractivity contribution in [2.24, 2.45) is 17.3 Å². The number of fused-ring (bicyclic) bond motifs is 1. The fraction of sp³-hybridized carbons (Fsp3) is 0.842. The van der Waals surface area contributed by atoms with E-state index in [1.54, 1.807) is 11.8 Å². The smallest absolute Gasteiger partial charge is 0.232 e. The largest absolute Gasteiger partial charge is 0.342 e. The first-order valence-electron chi connectivity index (χ1n) is 9.66. The molecule has 3 aliphatic rings. The molecule has 0 aromatic heterocycles. The van der Waals surface area contributed by atoms with E-state index in [1.165, 1.54) is 0 Å². The van der Waals surface area contributed by atoms with Gasteiger partial charge in [0.25, 0.3) is 0 Å². The summed E-state index contributed by atoms with van der Waals surface area (Å²) in [6.45, 7) is 9.60. The molecule has 0 aromatic carbocycles. The lowest BCUT2D eigenvalue weighted by Gasteiger charge is -2.32. The molecule has 3 amide bonds. The molecule has 0 spiro atoms. The molecule has 25 heavy (non-hydrogen) atoms. The van der Waals surface area contributed by atoms with E-state index in [0.717, 1.165) is 32.4 Å². The minimum atomic E-state index is -0.580. The van der Waals surface area contributed by atoms with Crippen LogP contribution in [0.15, 0.2) is 0 Å². The summed E-state index contributed by atoms with van der Waals surface area (Å²) in [7, 11) is 0. The lowest BCUT2D eigenvalue weighted by atomic mass is 9.79. The maximum atomic E-state index is 13.3. The first-order valence-corrected chi connectivity index (χ1v) is 9.66. The zero-order chi connectivity index (χ0) is 18.2. The second-order valence-electron chi connectivity index (χ2n) is 8.46. The molecule has 0 bridgehead atoms. The number of nitrogens with zero attached hydrogens (tertiary/aromatic N) is 3. The summed E-state index contributed by atoms with van der Waals surface area (Å²) in [4.78, 5) is 43.4. The Morgan fingerprint density at radius 2 is 1.60 bits per heavy atom. The van der Waals surface area contributed by atoms with Crippen molar-refractivity contribution in [1.29, 1.82) is 0 Å². The highest BCUT2D eigenvalue weighted by atomic mass is 16.2. The first kappa shape index (κ1) is 18.2. The molecule has 0 N–H and O–H groups in total. The highest BCUT2D eigenvalue weighted by molar-refractivity contribution is 5.88. The Bertz CT molecular complexity index is 556. The van der Waals surface area contributed by atoms with E-state index in [1.807, 2.05) is 9.80 Å². The third-order valence-corrected chi connectivity index (χ3v) is 6.16. The van der Waals surface area contributed by atoms with Crippen molar-refractivity contribution >= 4 is 17.7 Å². The zero-order valence-electron chi connectivity index (χ0n) is 15.8. The number of hydrogen-bond acceptors (Lipinski definition) is 3. The number of rotatable bonds is 4. The summed E-state index contributed by atoms with van der Waals surface area (Å²) in [5.41, 5.74) is -0.580. The average Bonchev–Trinajstić information content (AvgIpc) is 3.25. The molecule has 0 aliphatic carbocycles. The van der Waals surface area contributed by atoms with Crippen LogP contribution in [0.25, 0.3) is 0 Å². The van der Waals surface area contributed by atoms with E-state index < -0.39 is 5.41 Å². The van der Waals surface area contributed by atoms with Crippen molar-refractivity contribution in [1.82, 2.24) is 14.7 Å². The molecule has 140 valence electrons. The van der Waals surface area contributed by atoms with E-state index >= 15 is 0 Å². The van der Waals surface area contributed by atoms with Gasteiger partial charge in [-0.25, -0.2) is 0 Å². The molecule has 3 heterocycles. The topological polar surface area (TPSA) is 60.9 Å². The third-order valence-electron chi connectivity index (χ3n) is 6.16. The van der Waals surface area contributed by atoms with Crippen LogP contribution in [0.4, 0.5) is 0 Å². The quantitative estimate of drug-likeness (QED) is 0.770. The van der Waals surface area contributed by atoms with Crippen LogP contribution < -0.4 is 0 Å². The van der Waals surface area contributed by atoms with Crippen molar-refractivity contribution in [3.63, 3.8) is 0 Å². The predicted molar refractivity (Wildman–Crippen MR) is 94.6 cm³/mol. The minimum Gasteiger partial charge on any atom is -0.342 e. The van der Waals surface area contributed by atoms with Crippen LogP contribution in [-0.4, -0.2) is 71.7 Å². The van der Waals surface area contributed by atoms with Gasteiger partial charge in [0.15, 0.2) is 0 Å². The molecule has 3 aliphatic heterocycles. The van der Waals surface area contributed by atoms with Crippen molar-refractivity contribution < 1.29 is 14.4 Å². The van der Waals surface area contributed by atoms with Crippen molar-refractivity contribution in [2.75, 3.05) is 39.3 Å². The van der Waals surface area contributed by atoms with Crippen LogP contribution in [0, 0.1) is 17.3 Å². The van der Waals surface area contributed by atoms with Crippen molar-refractivity contribution in [3.05, 3.63) is 0 Å². The fourth-order valence-corrected chi connectivity index (χ4v) is 4.60. The van der Waals surface area contributed by atoms with Crippen molar-refractivity contribution in [2.45, 2.75) is 46.5 Å². The van der Waals surface area contributed by atoms with Gasteiger partial charge < -0.3 is 14.7 Å². The molecule has 3 rings (SSSR count). The monoisotopic (exact) mass is 349 g/mol. The van der Waals surface area contributed by atoms with Gasteiger partial charge in [-0.3, -0.25) is 14.4 Å². The Kier molecular flexibility index (Phi) is 5.07. The second-order valence-corrected chi connectivity index (χ2v) is 8.46. The molecule has 0 aromatic rings. The van der Waals surface area contributed by atoms with Gasteiger partial charge in [0.2, 0.25) is 17.7 Å². The molecule has 3 saturated heterocycles. The second kappa shape index (κ2) is 6.96. The Balaban J connectivity index is 1.76. The zero-order valence-corrected chi connectivity index (χ0v) is 15.8. The number of amides is 3. The molecule has 0 unspecified atom stereocenters. The number of likely N-dealkylation sites (tertiary alicyclic amines) is 3. The van der Waals surface area contributed by atoms with Crippen LogP contribution in [0.3, 0.4) is 0 Å². The van der Waals surface area contributed by atoms with E-state index in [0.29, 0.717) is 38.5 Å². The van der Waals surface area contributed by atoms with Gasteiger partial charge in [0, 0.05) is 58.5 Å². The number of hydrogen-bond donors (Lipinski definition) is 0. The van der Waals surface area contributed by atoms with Gasteiger partial charge in [-0.05, 0) is 25.2 Å². The van der Waals surface area contributed by atoms with Crippen LogP contribution >= 0.6 is 0 Å². The maximum Gasteiger partial charge on any atom is 0.232 e. The third kappa shape index (κ3) is 3.40. The van der Waals surface area contributed by atoms with Gasteiger partial charge >= 0.3 is 0 Å². The molecule has 0 saturated carbocycles. The fourth-order valence-electron chi connectivity index (χ4n) is 4.60. The Morgan fingerprint density at radius 3 is 2.20 bits per heavy atom. The summed E-state index contributed by atoms with van der Waals surface area (Å²) < 4.78 is 0. The molecule has 3 fully saturated rings. The minimum absolute atomic E-state index is 0.0284. The number of carbonyl (C=O) groups excluding carboxylic acids is 3. The van der Waals surface area contributed by atoms with E-state index in [9.17, 15) is 14.4 Å². The van der Waals surface area contributed by atoms with Gasteiger partial charge in [0.05, 0.1) is 5.41 Å². The standard InChI is InChI=1S/C19H31N3O3/c1-14(2)6-7-17(24)22-11-16-10-21(15(3)23)12-19(16,13-22)18(25)20-8-4-5-9-20/h14,16H,4-13H2,1-3H3/t16-,19-/m0/s1. The molecule has 6 heteroatoms. The van der Waals surface area contributed by atoms with Crippen LogP contribution in [0.1, 0.15) is 46.5 Å². The summed E-state index contributed by atoms with van der Waals surface area (Å²) in [6, 6.07) is 0. The van der Waals surface area contributed by atoms with Crippen LogP contribution in [-0.2, 0) is 14.4 Å². The van der Waals surface area contributed by atoms with E-state index in [2.05, 4.69) is 13.8 Å². The normalized spacial score (nSPS) is 28.8. The van der Waals surface area contributed by atoms with Crippen molar-refractivity contribution in [3.8, 4) is 0 Å². The highest BCUT2D eigenvalue weighted by Gasteiger charge is 2.59. The highest BCUT2D eigenvalue weighted by Crippen LogP contribution is 2.44. The molecule has 0 radical (unpaired) electrons.